The first-order valence-electron chi connectivity index (χ1n) is 4.90. The maximum absolute atomic E-state index is 5.81. The Labute approximate surface area is 103 Å². The average molecular weight is 320 g/mol. The molecule has 1 rings (SSSR count). The van der Waals surface area contributed by atoms with Gasteiger partial charge in [0.15, 0.2) is 0 Å². The Morgan fingerprint density at radius 3 is 2.50 bits per heavy atom. The lowest BCUT2D eigenvalue weighted by Crippen LogP contribution is -2.23. The first-order chi connectivity index (χ1) is 6.42. The SMILES string of the molecule is CC(C)(C)Oc1ccc(I)c(C[SiH3])c1. The fourth-order valence-electron chi connectivity index (χ4n) is 1.24. The van der Waals surface area contributed by atoms with E-state index >= 15 is 0 Å². The molecule has 1 aromatic rings. The van der Waals surface area contributed by atoms with Crippen LogP contribution in [0.25, 0.3) is 0 Å². The number of hydrogen-bond donors (Lipinski definition) is 0. The molecular weight excluding hydrogens is 303 g/mol. The predicted molar refractivity (Wildman–Crippen MR) is 73.2 cm³/mol. The van der Waals surface area contributed by atoms with E-state index in [1.54, 1.807) is 0 Å². The summed E-state index contributed by atoms with van der Waals surface area (Å²) in [6.45, 7) is 6.22. The molecule has 78 valence electrons. The molecule has 1 nitrogen and oxygen atoms in total. The van der Waals surface area contributed by atoms with Crippen molar-refractivity contribution in [3.8, 4) is 5.75 Å². The summed E-state index contributed by atoms with van der Waals surface area (Å²) in [6, 6.07) is 7.54. The van der Waals surface area contributed by atoms with Crippen LogP contribution in [-0.2, 0) is 6.04 Å². The fraction of sp³-hybridized carbons (Fsp3) is 0.455. The summed E-state index contributed by atoms with van der Waals surface area (Å²) < 4.78 is 7.16. The van der Waals surface area contributed by atoms with Crippen LogP contribution in [0.4, 0.5) is 0 Å². The van der Waals surface area contributed by atoms with Crippen LogP contribution in [0.3, 0.4) is 0 Å². The van der Waals surface area contributed by atoms with Gasteiger partial charge in [-0.2, -0.15) is 0 Å². The molecule has 0 amide bonds. The molecule has 0 atom stereocenters. The van der Waals surface area contributed by atoms with Gasteiger partial charge in [-0.3, -0.25) is 0 Å². The van der Waals surface area contributed by atoms with Gasteiger partial charge in [-0.25, -0.2) is 0 Å². The van der Waals surface area contributed by atoms with Crippen molar-refractivity contribution in [3.05, 3.63) is 27.3 Å². The second-order valence-electron chi connectivity index (χ2n) is 4.32. The lowest BCUT2D eigenvalue weighted by atomic mass is 10.2. The molecule has 0 unspecified atom stereocenters. The highest BCUT2D eigenvalue weighted by molar-refractivity contribution is 14.1. The van der Waals surface area contributed by atoms with E-state index in [-0.39, 0.29) is 5.60 Å². The van der Waals surface area contributed by atoms with Gasteiger partial charge in [-0.1, -0.05) is 0 Å². The van der Waals surface area contributed by atoms with Crippen molar-refractivity contribution in [2.45, 2.75) is 32.4 Å². The summed E-state index contributed by atoms with van der Waals surface area (Å²) in [7, 11) is 1.20. The summed E-state index contributed by atoms with van der Waals surface area (Å²) >= 11 is 2.38. The van der Waals surface area contributed by atoms with Crippen LogP contribution in [-0.4, -0.2) is 15.8 Å². The molecule has 0 saturated carbocycles. The van der Waals surface area contributed by atoms with Crippen molar-refractivity contribution in [1.82, 2.24) is 0 Å². The molecule has 0 saturated heterocycles. The lowest BCUT2D eigenvalue weighted by molar-refractivity contribution is 0.131. The highest BCUT2D eigenvalue weighted by Crippen LogP contribution is 2.22. The maximum atomic E-state index is 5.81. The Kier molecular flexibility index (Phi) is 4.01. The Morgan fingerprint density at radius 1 is 1.36 bits per heavy atom. The van der Waals surface area contributed by atoms with E-state index in [2.05, 4.69) is 55.5 Å². The van der Waals surface area contributed by atoms with E-state index in [0.717, 1.165) is 5.75 Å². The minimum atomic E-state index is -0.102. The number of benzene rings is 1. The summed E-state index contributed by atoms with van der Waals surface area (Å²) in [5.41, 5.74) is 1.31. The maximum Gasteiger partial charge on any atom is 0.120 e. The van der Waals surface area contributed by atoms with Crippen molar-refractivity contribution in [2.24, 2.45) is 0 Å². The van der Waals surface area contributed by atoms with E-state index in [4.69, 9.17) is 4.74 Å². The van der Waals surface area contributed by atoms with Gasteiger partial charge < -0.3 is 4.74 Å². The molecule has 3 heteroatoms. The summed E-state index contributed by atoms with van der Waals surface area (Å²) in [4.78, 5) is 0. The zero-order valence-corrected chi connectivity index (χ0v) is 13.4. The highest BCUT2D eigenvalue weighted by Gasteiger charge is 2.12. The fourth-order valence-corrected chi connectivity index (χ4v) is 3.26. The van der Waals surface area contributed by atoms with Crippen LogP contribution < -0.4 is 4.74 Å². The minimum Gasteiger partial charge on any atom is -0.488 e. The normalized spacial score (nSPS) is 11.7. The summed E-state index contributed by atoms with van der Waals surface area (Å²) in [5, 5.41) is 0. The molecule has 0 heterocycles. The van der Waals surface area contributed by atoms with Gasteiger partial charge in [0.2, 0.25) is 0 Å². The number of halogens is 1. The van der Waals surface area contributed by atoms with Crippen LogP contribution in [0.1, 0.15) is 26.3 Å². The van der Waals surface area contributed by atoms with Crippen LogP contribution in [0.2, 0.25) is 0 Å². The Balaban J connectivity index is 2.90. The molecule has 0 aromatic heterocycles. The topological polar surface area (TPSA) is 9.23 Å². The predicted octanol–water partition coefficient (Wildman–Crippen LogP) is 2.33. The van der Waals surface area contributed by atoms with Crippen LogP contribution in [0.5, 0.6) is 5.75 Å². The third-order valence-electron chi connectivity index (χ3n) is 1.82. The Hall–Kier alpha value is -0.0331. The van der Waals surface area contributed by atoms with Crippen molar-refractivity contribution in [1.29, 1.82) is 0 Å². The van der Waals surface area contributed by atoms with Crippen LogP contribution in [0, 0.1) is 3.57 Å². The van der Waals surface area contributed by atoms with Crippen molar-refractivity contribution >= 4 is 32.8 Å². The number of ether oxygens (including phenoxy) is 1. The van der Waals surface area contributed by atoms with E-state index < -0.39 is 0 Å². The zero-order valence-electron chi connectivity index (χ0n) is 9.23. The van der Waals surface area contributed by atoms with Gasteiger partial charge in [0.1, 0.15) is 11.4 Å². The molecule has 0 spiro atoms. The first-order valence-corrected chi connectivity index (χ1v) is 7.39. The van der Waals surface area contributed by atoms with Crippen molar-refractivity contribution in [3.63, 3.8) is 0 Å². The molecule has 0 fully saturated rings. The van der Waals surface area contributed by atoms with Gasteiger partial charge in [-0.05, 0) is 73.2 Å². The first kappa shape index (κ1) is 12.0. The van der Waals surface area contributed by atoms with E-state index in [1.807, 2.05) is 6.07 Å². The van der Waals surface area contributed by atoms with E-state index in [0.29, 0.717) is 0 Å². The highest BCUT2D eigenvalue weighted by atomic mass is 127. The van der Waals surface area contributed by atoms with Crippen LogP contribution in [0.15, 0.2) is 18.2 Å². The molecule has 0 aliphatic rings. The molecule has 0 N–H and O–H groups in total. The Bertz CT molecular complexity index is 318. The number of hydrogen-bond acceptors (Lipinski definition) is 1. The molecule has 0 bridgehead atoms. The van der Waals surface area contributed by atoms with Gasteiger partial charge in [0, 0.05) is 13.8 Å². The van der Waals surface area contributed by atoms with Gasteiger partial charge in [-0.15, -0.1) is 0 Å². The standard InChI is InChI=1S/C11H17IOSi/c1-11(2,3)13-9-4-5-10(12)8(6-9)7-14/h4-6H,7H2,1-3,14H3. The van der Waals surface area contributed by atoms with E-state index in [9.17, 15) is 0 Å². The average Bonchev–Trinajstić information content (AvgIpc) is 2.06. The second-order valence-corrected chi connectivity index (χ2v) is 6.19. The summed E-state index contributed by atoms with van der Waals surface area (Å²) in [5.74, 6) is 0.990. The molecule has 0 aliphatic heterocycles. The third kappa shape index (κ3) is 3.61. The van der Waals surface area contributed by atoms with E-state index in [1.165, 1.54) is 25.4 Å². The molecule has 0 radical (unpaired) electrons. The lowest BCUT2D eigenvalue weighted by Gasteiger charge is -2.21. The molecular formula is C11H17IOSi. The van der Waals surface area contributed by atoms with Gasteiger partial charge >= 0.3 is 0 Å². The number of rotatable bonds is 2. The Morgan fingerprint density at radius 2 is 2.00 bits per heavy atom. The molecule has 1 aromatic carbocycles. The zero-order chi connectivity index (χ0) is 10.8. The van der Waals surface area contributed by atoms with Crippen molar-refractivity contribution < 1.29 is 4.74 Å². The summed E-state index contributed by atoms with van der Waals surface area (Å²) in [6.07, 6.45) is 0. The second kappa shape index (κ2) is 4.66. The smallest absolute Gasteiger partial charge is 0.120 e. The minimum absolute atomic E-state index is 0.102. The van der Waals surface area contributed by atoms with Gasteiger partial charge in [0.05, 0.1) is 0 Å². The largest absolute Gasteiger partial charge is 0.488 e. The molecule has 0 aliphatic carbocycles. The molecule has 14 heavy (non-hydrogen) atoms. The quantitative estimate of drug-likeness (QED) is 0.600. The van der Waals surface area contributed by atoms with Gasteiger partial charge in [0.25, 0.3) is 0 Å². The monoisotopic (exact) mass is 320 g/mol. The van der Waals surface area contributed by atoms with Crippen LogP contribution >= 0.6 is 22.6 Å². The third-order valence-corrected chi connectivity index (χ3v) is 3.64. The van der Waals surface area contributed by atoms with Crippen molar-refractivity contribution in [2.75, 3.05) is 0 Å².